The molecular weight excluding hydrogens is 258 g/mol. The Balaban J connectivity index is 2.99. The maximum Gasteiger partial charge on any atom is 0.270 e. The quantitative estimate of drug-likeness (QED) is 0.873. The van der Waals surface area contributed by atoms with E-state index in [4.69, 9.17) is 5.73 Å². The minimum absolute atomic E-state index is 0.0475. The van der Waals surface area contributed by atoms with E-state index in [1.54, 1.807) is 17.8 Å². The molecule has 1 amide bonds. The van der Waals surface area contributed by atoms with E-state index in [0.29, 0.717) is 11.4 Å². The molecule has 108 valence electrons. The van der Waals surface area contributed by atoms with Crippen molar-refractivity contribution in [3.63, 3.8) is 0 Å². The summed E-state index contributed by atoms with van der Waals surface area (Å²) in [7, 11) is 1.88. The molecule has 0 bridgehead atoms. The van der Waals surface area contributed by atoms with Crippen molar-refractivity contribution in [3.8, 4) is 0 Å². The highest BCUT2D eigenvalue weighted by molar-refractivity contribution is 7.98. The number of rotatable bonds is 6. The molecule has 1 rings (SSSR count). The van der Waals surface area contributed by atoms with Gasteiger partial charge >= 0.3 is 0 Å². The SMILES string of the molecule is CCC(CSC)N(C)C(=O)c1cc(N)cn1C(C)C. The van der Waals surface area contributed by atoms with Crippen LogP contribution in [0, 0.1) is 0 Å². The van der Waals surface area contributed by atoms with E-state index in [1.165, 1.54) is 0 Å². The summed E-state index contributed by atoms with van der Waals surface area (Å²) in [5.41, 5.74) is 7.14. The van der Waals surface area contributed by atoms with Gasteiger partial charge in [-0.3, -0.25) is 4.79 Å². The second-order valence-corrected chi connectivity index (χ2v) is 6.00. The first kappa shape index (κ1) is 16.0. The van der Waals surface area contributed by atoms with Crippen LogP contribution in [0.25, 0.3) is 0 Å². The molecule has 1 aromatic rings. The number of aromatic nitrogens is 1. The predicted molar refractivity (Wildman–Crippen MR) is 83.8 cm³/mol. The fourth-order valence-corrected chi connectivity index (χ4v) is 2.99. The van der Waals surface area contributed by atoms with E-state index >= 15 is 0 Å². The third kappa shape index (κ3) is 3.69. The minimum Gasteiger partial charge on any atom is -0.397 e. The standard InChI is InChI=1S/C14H25N3OS/c1-6-12(9-19-5)16(4)14(18)13-7-11(15)8-17(13)10(2)3/h7-8,10,12H,6,9,15H2,1-5H3. The Morgan fingerprint density at radius 2 is 2.16 bits per heavy atom. The molecule has 1 atom stereocenters. The Morgan fingerprint density at radius 1 is 1.53 bits per heavy atom. The lowest BCUT2D eigenvalue weighted by atomic mass is 10.2. The molecular formula is C14H25N3OS. The normalized spacial score (nSPS) is 12.7. The monoisotopic (exact) mass is 283 g/mol. The Hall–Kier alpha value is -1.10. The summed E-state index contributed by atoms with van der Waals surface area (Å²) >= 11 is 1.77. The molecule has 0 spiro atoms. The van der Waals surface area contributed by atoms with Crippen LogP contribution in [0.1, 0.15) is 43.7 Å². The first-order valence-corrected chi connectivity index (χ1v) is 8.05. The molecule has 1 aromatic heterocycles. The van der Waals surface area contributed by atoms with Crippen LogP contribution in [-0.2, 0) is 0 Å². The third-order valence-corrected chi connectivity index (χ3v) is 4.06. The summed E-state index contributed by atoms with van der Waals surface area (Å²) < 4.78 is 1.94. The van der Waals surface area contributed by atoms with Crippen molar-refractivity contribution in [3.05, 3.63) is 18.0 Å². The zero-order chi connectivity index (χ0) is 14.6. The van der Waals surface area contributed by atoms with Crippen molar-refractivity contribution in [1.29, 1.82) is 0 Å². The maximum atomic E-state index is 12.6. The lowest BCUT2D eigenvalue weighted by Gasteiger charge is -2.27. The van der Waals surface area contributed by atoms with Crippen LogP contribution in [0.2, 0.25) is 0 Å². The summed E-state index contributed by atoms with van der Waals surface area (Å²) in [6.07, 6.45) is 4.86. The Bertz CT molecular complexity index is 428. The predicted octanol–water partition coefficient (Wildman–Crippen LogP) is 2.86. The van der Waals surface area contributed by atoms with Gasteiger partial charge in [-0.2, -0.15) is 11.8 Å². The van der Waals surface area contributed by atoms with Gasteiger partial charge in [-0.25, -0.2) is 0 Å². The molecule has 0 radical (unpaired) electrons. The highest BCUT2D eigenvalue weighted by Crippen LogP contribution is 2.20. The molecule has 4 nitrogen and oxygen atoms in total. The van der Waals surface area contributed by atoms with Gasteiger partial charge < -0.3 is 15.2 Å². The number of nitrogens with two attached hydrogens (primary N) is 1. The molecule has 0 aliphatic rings. The van der Waals surface area contributed by atoms with E-state index in [-0.39, 0.29) is 18.0 Å². The van der Waals surface area contributed by atoms with Crippen LogP contribution in [-0.4, -0.2) is 40.5 Å². The van der Waals surface area contributed by atoms with Gasteiger partial charge in [-0.05, 0) is 32.6 Å². The highest BCUT2D eigenvalue weighted by Gasteiger charge is 2.23. The number of amides is 1. The van der Waals surface area contributed by atoms with Gasteiger partial charge in [-0.1, -0.05) is 6.92 Å². The molecule has 19 heavy (non-hydrogen) atoms. The van der Waals surface area contributed by atoms with E-state index in [2.05, 4.69) is 27.0 Å². The van der Waals surface area contributed by atoms with Crippen LogP contribution < -0.4 is 5.73 Å². The van der Waals surface area contributed by atoms with Crippen molar-refractivity contribution in [2.45, 2.75) is 39.3 Å². The van der Waals surface area contributed by atoms with Crippen LogP contribution in [0.4, 0.5) is 5.69 Å². The van der Waals surface area contributed by atoms with Gasteiger partial charge in [0.1, 0.15) is 5.69 Å². The average Bonchev–Trinajstić information content (AvgIpc) is 2.76. The van der Waals surface area contributed by atoms with Gasteiger partial charge in [0.2, 0.25) is 0 Å². The Morgan fingerprint density at radius 3 is 2.63 bits per heavy atom. The number of hydrogen-bond donors (Lipinski definition) is 1. The lowest BCUT2D eigenvalue weighted by molar-refractivity contribution is 0.0731. The molecule has 0 aliphatic heterocycles. The number of thioether (sulfide) groups is 1. The van der Waals surface area contributed by atoms with Crippen LogP contribution in [0.15, 0.2) is 12.3 Å². The zero-order valence-corrected chi connectivity index (χ0v) is 13.3. The smallest absolute Gasteiger partial charge is 0.270 e. The number of nitrogen functional groups attached to an aromatic ring is 1. The summed E-state index contributed by atoms with van der Waals surface area (Å²) in [6.45, 7) is 6.21. The molecule has 5 heteroatoms. The average molecular weight is 283 g/mol. The van der Waals surface area contributed by atoms with Crippen molar-refractivity contribution < 1.29 is 4.79 Å². The molecule has 1 heterocycles. The molecule has 0 saturated carbocycles. The van der Waals surface area contributed by atoms with Crippen molar-refractivity contribution in [2.75, 3.05) is 24.8 Å². The molecule has 0 fully saturated rings. The van der Waals surface area contributed by atoms with E-state index in [0.717, 1.165) is 12.2 Å². The number of anilines is 1. The summed E-state index contributed by atoms with van der Waals surface area (Å²) in [6, 6.07) is 2.26. The number of carbonyl (C=O) groups excluding carboxylic acids is 1. The van der Waals surface area contributed by atoms with E-state index < -0.39 is 0 Å². The van der Waals surface area contributed by atoms with Crippen LogP contribution in [0.5, 0.6) is 0 Å². The van der Waals surface area contributed by atoms with Gasteiger partial charge in [0.15, 0.2) is 0 Å². The molecule has 0 aliphatic carbocycles. The topological polar surface area (TPSA) is 51.3 Å². The van der Waals surface area contributed by atoms with Gasteiger partial charge in [-0.15, -0.1) is 0 Å². The lowest BCUT2D eigenvalue weighted by Crippen LogP contribution is -2.39. The summed E-state index contributed by atoms with van der Waals surface area (Å²) in [5.74, 6) is 1.00. The molecule has 0 aromatic carbocycles. The van der Waals surface area contributed by atoms with Crippen molar-refractivity contribution in [2.24, 2.45) is 0 Å². The minimum atomic E-state index is 0.0475. The molecule has 2 N–H and O–H groups in total. The van der Waals surface area contributed by atoms with Crippen LogP contribution in [0.3, 0.4) is 0 Å². The number of nitrogens with zero attached hydrogens (tertiary/aromatic N) is 2. The number of carbonyl (C=O) groups is 1. The van der Waals surface area contributed by atoms with Crippen molar-refractivity contribution >= 4 is 23.4 Å². The third-order valence-electron chi connectivity index (χ3n) is 3.34. The molecule has 0 saturated heterocycles. The second kappa shape index (κ2) is 6.89. The Kier molecular flexibility index (Phi) is 5.79. The fourth-order valence-electron chi connectivity index (χ4n) is 2.14. The van der Waals surface area contributed by atoms with Gasteiger partial charge in [0, 0.05) is 31.1 Å². The largest absolute Gasteiger partial charge is 0.397 e. The van der Waals surface area contributed by atoms with E-state index in [1.807, 2.05) is 22.7 Å². The zero-order valence-electron chi connectivity index (χ0n) is 12.5. The molecule has 1 unspecified atom stereocenters. The first-order chi connectivity index (χ1) is 8.92. The summed E-state index contributed by atoms with van der Waals surface area (Å²) in [5, 5.41) is 0. The number of hydrogen-bond acceptors (Lipinski definition) is 3. The van der Waals surface area contributed by atoms with Crippen molar-refractivity contribution in [1.82, 2.24) is 9.47 Å². The first-order valence-electron chi connectivity index (χ1n) is 6.65. The van der Waals surface area contributed by atoms with Gasteiger partial charge in [0.05, 0.1) is 5.69 Å². The van der Waals surface area contributed by atoms with Gasteiger partial charge in [0.25, 0.3) is 5.91 Å². The van der Waals surface area contributed by atoms with E-state index in [9.17, 15) is 4.79 Å². The van der Waals surface area contributed by atoms with Crippen LogP contribution >= 0.6 is 11.8 Å². The fraction of sp³-hybridized carbons (Fsp3) is 0.643. The maximum absolute atomic E-state index is 12.6. The second-order valence-electron chi connectivity index (χ2n) is 5.09. The highest BCUT2D eigenvalue weighted by atomic mass is 32.2. The summed E-state index contributed by atoms with van der Waals surface area (Å²) in [4.78, 5) is 14.4. The Labute approximate surface area is 120 Å².